The van der Waals surface area contributed by atoms with Gasteiger partial charge in [-0.3, -0.25) is 4.68 Å². The van der Waals surface area contributed by atoms with Gasteiger partial charge in [-0.15, -0.1) is 11.3 Å². The second-order valence-electron chi connectivity index (χ2n) is 4.87. The SMILES string of the molecule is CCCNC(Cc1c(C)nn(C)c1Cl)c1csc(I)c1. The molecule has 6 heteroatoms. The molecule has 2 heterocycles. The van der Waals surface area contributed by atoms with E-state index in [1.807, 2.05) is 14.0 Å². The van der Waals surface area contributed by atoms with Crippen molar-refractivity contribution in [2.24, 2.45) is 7.05 Å². The average Bonchev–Trinajstić information content (AvgIpc) is 2.93. The maximum atomic E-state index is 6.36. The van der Waals surface area contributed by atoms with Crippen molar-refractivity contribution in [3.8, 4) is 0 Å². The van der Waals surface area contributed by atoms with Crippen molar-refractivity contribution in [3.05, 3.63) is 36.3 Å². The molecule has 1 atom stereocenters. The maximum Gasteiger partial charge on any atom is 0.130 e. The van der Waals surface area contributed by atoms with Gasteiger partial charge >= 0.3 is 0 Å². The molecule has 20 heavy (non-hydrogen) atoms. The normalized spacial score (nSPS) is 12.8. The summed E-state index contributed by atoms with van der Waals surface area (Å²) in [6.07, 6.45) is 2.00. The van der Waals surface area contributed by atoms with Crippen LogP contribution in [-0.4, -0.2) is 16.3 Å². The first kappa shape index (κ1) is 16.3. The Morgan fingerprint density at radius 3 is 2.80 bits per heavy atom. The zero-order valence-electron chi connectivity index (χ0n) is 11.9. The van der Waals surface area contributed by atoms with E-state index < -0.39 is 0 Å². The zero-order chi connectivity index (χ0) is 14.7. The highest BCUT2D eigenvalue weighted by molar-refractivity contribution is 14.1. The van der Waals surface area contributed by atoms with Gasteiger partial charge in [-0.1, -0.05) is 18.5 Å². The summed E-state index contributed by atoms with van der Waals surface area (Å²) >= 11 is 10.5. The molecule has 0 radical (unpaired) electrons. The molecule has 0 spiro atoms. The Bertz CT molecular complexity index is 579. The lowest BCUT2D eigenvalue weighted by molar-refractivity contribution is 0.529. The van der Waals surface area contributed by atoms with Crippen molar-refractivity contribution in [2.45, 2.75) is 32.7 Å². The third-order valence-electron chi connectivity index (χ3n) is 3.31. The van der Waals surface area contributed by atoms with Gasteiger partial charge in [-0.2, -0.15) is 5.10 Å². The highest BCUT2D eigenvalue weighted by atomic mass is 127. The third kappa shape index (κ3) is 3.75. The molecule has 0 amide bonds. The first-order valence-corrected chi connectivity index (χ1v) is 9.01. The summed E-state index contributed by atoms with van der Waals surface area (Å²) in [5, 5.41) is 11.0. The van der Waals surface area contributed by atoms with Crippen molar-refractivity contribution in [3.63, 3.8) is 0 Å². The molecule has 0 saturated carbocycles. The fourth-order valence-electron chi connectivity index (χ4n) is 2.24. The first-order valence-electron chi connectivity index (χ1n) is 6.68. The molecule has 0 aliphatic heterocycles. The Balaban J connectivity index is 2.23. The standard InChI is InChI=1S/C14H19ClIN3S/c1-4-5-17-12(10-6-13(16)20-8-10)7-11-9(2)18-19(3)14(11)15/h6,8,12,17H,4-5,7H2,1-3H3. The van der Waals surface area contributed by atoms with Crippen molar-refractivity contribution < 1.29 is 0 Å². The molecular weight excluding hydrogens is 405 g/mol. The van der Waals surface area contributed by atoms with Crippen molar-refractivity contribution >= 4 is 45.5 Å². The van der Waals surface area contributed by atoms with Crippen LogP contribution >= 0.6 is 45.5 Å². The van der Waals surface area contributed by atoms with Crippen LogP contribution in [-0.2, 0) is 13.5 Å². The van der Waals surface area contributed by atoms with Crippen LogP contribution < -0.4 is 5.32 Å². The van der Waals surface area contributed by atoms with E-state index >= 15 is 0 Å². The van der Waals surface area contributed by atoms with Gasteiger partial charge in [0.2, 0.25) is 0 Å². The van der Waals surface area contributed by atoms with Crippen molar-refractivity contribution in [2.75, 3.05) is 6.54 Å². The lowest BCUT2D eigenvalue weighted by atomic mass is 10.0. The van der Waals surface area contributed by atoms with E-state index in [2.05, 4.69) is 51.4 Å². The van der Waals surface area contributed by atoms with Crippen LogP contribution in [0.1, 0.15) is 36.2 Å². The highest BCUT2D eigenvalue weighted by Crippen LogP contribution is 2.28. The van der Waals surface area contributed by atoms with E-state index in [0.717, 1.165) is 35.8 Å². The Morgan fingerprint density at radius 1 is 1.55 bits per heavy atom. The van der Waals surface area contributed by atoms with E-state index in [0.29, 0.717) is 6.04 Å². The molecule has 110 valence electrons. The van der Waals surface area contributed by atoms with E-state index in [1.165, 1.54) is 8.45 Å². The van der Waals surface area contributed by atoms with Gasteiger partial charge in [-0.05, 0) is 65.9 Å². The number of halogens is 2. The molecule has 2 aromatic heterocycles. The van der Waals surface area contributed by atoms with Crippen LogP contribution in [0.15, 0.2) is 11.4 Å². The van der Waals surface area contributed by atoms with E-state index in [1.54, 1.807) is 16.0 Å². The molecule has 3 nitrogen and oxygen atoms in total. The van der Waals surface area contributed by atoms with Gasteiger partial charge in [0.15, 0.2) is 0 Å². The summed E-state index contributed by atoms with van der Waals surface area (Å²) in [5.41, 5.74) is 3.50. The van der Waals surface area contributed by atoms with Crippen LogP contribution in [0.3, 0.4) is 0 Å². The minimum atomic E-state index is 0.301. The summed E-state index contributed by atoms with van der Waals surface area (Å²) < 4.78 is 3.07. The molecule has 1 N–H and O–H groups in total. The van der Waals surface area contributed by atoms with Crippen LogP contribution in [0.4, 0.5) is 0 Å². The van der Waals surface area contributed by atoms with Crippen LogP contribution in [0.5, 0.6) is 0 Å². The molecular formula is C14H19ClIN3S. The Labute approximate surface area is 142 Å². The number of thiophene rings is 1. The van der Waals surface area contributed by atoms with Gasteiger partial charge in [0.05, 0.1) is 8.58 Å². The first-order chi connectivity index (χ1) is 9.52. The van der Waals surface area contributed by atoms with Gasteiger partial charge in [0.1, 0.15) is 5.15 Å². The lowest BCUT2D eigenvalue weighted by Gasteiger charge is -2.17. The molecule has 1 unspecified atom stereocenters. The molecule has 0 aliphatic rings. The topological polar surface area (TPSA) is 29.9 Å². The van der Waals surface area contributed by atoms with Gasteiger partial charge in [0.25, 0.3) is 0 Å². The van der Waals surface area contributed by atoms with Gasteiger partial charge < -0.3 is 5.32 Å². The quantitative estimate of drug-likeness (QED) is 0.701. The minimum Gasteiger partial charge on any atom is -0.310 e. The number of aryl methyl sites for hydroxylation is 2. The summed E-state index contributed by atoms with van der Waals surface area (Å²) in [4.78, 5) is 0. The van der Waals surface area contributed by atoms with E-state index in [-0.39, 0.29) is 0 Å². The van der Waals surface area contributed by atoms with Crippen LogP contribution in [0.25, 0.3) is 0 Å². The molecule has 0 saturated heterocycles. The molecule has 2 aromatic rings. The predicted octanol–water partition coefficient (Wildman–Crippen LogP) is 4.33. The zero-order valence-corrected chi connectivity index (χ0v) is 15.6. The predicted molar refractivity (Wildman–Crippen MR) is 94.7 cm³/mol. The molecule has 0 fully saturated rings. The number of nitrogens with zero attached hydrogens (tertiary/aromatic N) is 2. The Morgan fingerprint density at radius 2 is 2.30 bits per heavy atom. The second kappa shape index (κ2) is 7.24. The second-order valence-corrected chi connectivity index (χ2v) is 8.04. The van der Waals surface area contributed by atoms with E-state index in [4.69, 9.17) is 11.6 Å². The largest absolute Gasteiger partial charge is 0.310 e. The van der Waals surface area contributed by atoms with Crippen LogP contribution in [0.2, 0.25) is 5.15 Å². The fourth-order valence-corrected chi connectivity index (χ4v) is 3.92. The number of hydrogen-bond acceptors (Lipinski definition) is 3. The highest BCUT2D eigenvalue weighted by Gasteiger charge is 2.19. The summed E-state index contributed by atoms with van der Waals surface area (Å²) in [7, 11) is 1.89. The molecule has 2 rings (SSSR count). The summed E-state index contributed by atoms with van der Waals surface area (Å²) in [6.45, 7) is 5.22. The fraction of sp³-hybridized carbons (Fsp3) is 0.500. The molecule has 0 bridgehead atoms. The smallest absolute Gasteiger partial charge is 0.130 e. The van der Waals surface area contributed by atoms with Crippen molar-refractivity contribution in [1.29, 1.82) is 0 Å². The summed E-state index contributed by atoms with van der Waals surface area (Å²) in [6, 6.07) is 2.55. The number of aromatic nitrogens is 2. The third-order valence-corrected chi connectivity index (χ3v) is 5.59. The van der Waals surface area contributed by atoms with Gasteiger partial charge in [-0.25, -0.2) is 0 Å². The van der Waals surface area contributed by atoms with Crippen molar-refractivity contribution in [1.82, 2.24) is 15.1 Å². The molecule has 0 aromatic carbocycles. The average molecular weight is 424 g/mol. The monoisotopic (exact) mass is 423 g/mol. The lowest BCUT2D eigenvalue weighted by Crippen LogP contribution is -2.24. The number of hydrogen-bond donors (Lipinski definition) is 1. The number of nitrogens with one attached hydrogen (secondary N) is 1. The minimum absolute atomic E-state index is 0.301. The van der Waals surface area contributed by atoms with Crippen LogP contribution in [0, 0.1) is 9.81 Å². The summed E-state index contributed by atoms with van der Waals surface area (Å²) in [5.74, 6) is 0. The Kier molecular flexibility index (Phi) is 5.89. The Hall–Kier alpha value is -0.110. The molecule has 0 aliphatic carbocycles. The van der Waals surface area contributed by atoms with Gasteiger partial charge in [0, 0.05) is 18.7 Å². The van der Waals surface area contributed by atoms with E-state index in [9.17, 15) is 0 Å². The maximum absolute atomic E-state index is 6.36. The number of rotatable bonds is 6.